The Morgan fingerprint density at radius 3 is 3.00 bits per heavy atom. The molecule has 1 N–H and O–H groups in total. The molecule has 0 radical (unpaired) electrons. The molecule has 0 bridgehead atoms. The Morgan fingerprint density at radius 1 is 1.37 bits per heavy atom. The average molecular weight is 274 g/mol. The number of anilines is 1. The summed E-state index contributed by atoms with van der Waals surface area (Å²) in [6, 6.07) is 8.24. The van der Waals surface area contributed by atoms with Gasteiger partial charge in [0.2, 0.25) is 0 Å². The van der Waals surface area contributed by atoms with Crippen LogP contribution < -0.4 is 10.1 Å². The SMILES string of the molecule is CC(C)c1ccccc1OCc1nc2c(s1)CCN2. The summed E-state index contributed by atoms with van der Waals surface area (Å²) in [6.45, 7) is 5.95. The Kier molecular flexibility index (Phi) is 3.42. The van der Waals surface area contributed by atoms with E-state index >= 15 is 0 Å². The van der Waals surface area contributed by atoms with Gasteiger partial charge in [0.25, 0.3) is 0 Å². The van der Waals surface area contributed by atoms with Crippen molar-refractivity contribution in [2.24, 2.45) is 0 Å². The minimum absolute atomic E-state index is 0.471. The zero-order valence-electron chi connectivity index (χ0n) is 11.3. The van der Waals surface area contributed by atoms with Crippen LogP contribution in [0.25, 0.3) is 0 Å². The first-order valence-electron chi connectivity index (χ1n) is 6.68. The van der Waals surface area contributed by atoms with Gasteiger partial charge < -0.3 is 10.1 Å². The molecule has 2 heterocycles. The molecule has 1 aromatic carbocycles. The lowest BCUT2D eigenvalue weighted by Crippen LogP contribution is -2.00. The predicted molar refractivity (Wildman–Crippen MR) is 79.2 cm³/mol. The zero-order chi connectivity index (χ0) is 13.2. The number of hydrogen-bond donors (Lipinski definition) is 1. The Bertz CT molecular complexity index is 556. The standard InChI is InChI=1S/C15H18N2OS/c1-10(2)11-5-3-4-6-12(11)18-9-14-17-15-13(19-14)7-8-16-15/h3-6,10,16H,7-9H2,1-2H3. The first-order chi connectivity index (χ1) is 9.24. The van der Waals surface area contributed by atoms with E-state index in [1.165, 1.54) is 10.4 Å². The highest BCUT2D eigenvalue weighted by atomic mass is 32.1. The minimum Gasteiger partial charge on any atom is -0.486 e. The number of para-hydroxylation sites is 1. The molecule has 1 aliphatic heterocycles. The van der Waals surface area contributed by atoms with Gasteiger partial charge in [0.1, 0.15) is 23.2 Å². The molecule has 0 spiro atoms. The topological polar surface area (TPSA) is 34.1 Å². The van der Waals surface area contributed by atoms with E-state index in [1.807, 2.05) is 12.1 Å². The molecule has 19 heavy (non-hydrogen) atoms. The number of rotatable bonds is 4. The fraction of sp³-hybridized carbons (Fsp3) is 0.400. The third-order valence-corrected chi connectivity index (χ3v) is 4.37. The van der Waals surface area contributed by atoms with E-state index in [4.69, 9.17) is 4.74 Å². The highest BCUT2D eigenvalue weighted by Crippen LogP contribution is 2.30. The van der Waals surface area contributed by atoms with Gasteiger partial charge in [0.15, 0.2) is 0 Å². The van der Waals surface area contributed by atoms with Crippen molar-refractivity contribution in [2.75, 3.05) is 11.9 Å². The Labute approximate surface area is 117 Å². The lowest BCUT2D eigenvalue weighted by Gasteiger charge is -2.12. The van der Waals surface area contributed by atoms with Crippen LogP contribution in [0.15, 0.2) is 24.3 Å². The van der Waals surface area contributed by atoms with Gasteiger partial charge in [-0.25, -0.2) is 4.98 Å². The maximum Gasteiger partial charge on any atom is 0.140 e. The van der Waals surface area contributed by atoms with Crippen LogP contribution in [0.1, 0.15) is 35.2 Å². The van der Waals surface area contributed by atoms with E-state index < -0.39 is 0 Å². The average Bonchev–Trinajstić information content (AvgIpc) is 2.97. The Balaban J connectivity index is 1.72. The van der Waals surface area contributed by atoms with E-state index in [0.29, 0.717) is 12.5 Å². The lowest BCUT2D eigenvalue weighted by molar-refractivity contribution is 0.301. The second-order valence-corrected chi connectivity index (χ2v) is 6.21. The number of hydrogen-bond acceptors (Lipinski definition) is 4. The Hall–Kier alpha value is -1.55. The molecule has 3 nitrogen and oxygen atoms in total. The Morgan fingerprint density at radius 2 is 2.21 bits per heavy atom. The molecule has 0 aliphatic carbocycles. The van der Waals surface area contributed by atoms with E-state index in [1.54, 1.807) is 11.3 Å². The van der Waals surface area contributed by atoms with Gasteiger partial charge in [-0.2, -0.15) is 0 Å². The molecule has 2 aromatic rings. The van der Waals surface area contributed by atoms with Crippen LogP contribution in [0.2, 0.25) is 0 Å². The van der Waals surface area contributed by atoms with Crippen molar-refractivity contribution in [2.45, 2.75) is 32.8 Å². The molecule has 0 saturated carbocycles. The van der Waals surface area contributed by atoms with Crippen LogP contribution >= 0.6 is 11.3 Å². The number of fused-ring (bicyclic) bond motifs is 1. The number of nitrogens with one attached hydrogen (secondary N) is 1. The van der Waals surface area contributed by atoms with Gasteiger partial charge in [-0.3, -0.25) is 0 Å². The van der Waals surface area contributed by atoms with Gasteiger partial charge in [0, 0.05) is 13.0 Å². The molecule has 0 unspecified atom stereocenters. The van der Waals surface area contributed by atoms with Crippen molar-refractivity contribution in [3.8, 4) is 5.75 Å². The quantitative estimate of drug-likeness (QED) is 0.920. The number of aromatic nitrogens is 1. The molecular formula is C15H18N2OS. The predicted octanol–water partition coefficient (Wildman–Crippen LogP) is 3.81. The summed E-state index contributed by atoms with van der Waals surface area (Å²) in [7, 11) is 0. The van der Waals surface area contributed by atoms with E-state index in [9.17, 15) is 0 Å². The summed E-state index contributed by atoms with van der Waals surface area (Å²) < 4.78 is 5.94. The normalized spacial score (nSPS) is 13.4. The van der Waals surface area contributed by atoms with Crippen molar-refractivity contribution in [1.29, 1.82) is 0 Å². The first-order valence-corrected chi connectivity index (χ1v) is 7.50. The van der Waals surface area contributed by atoms with Crippen molar-refractivity contribution in [3.05, 3.63) is 39.7 Å². The summed E-state index contributed by atoms with van der Waals surface area (Å²) in [5.41, 5.74) is 1.25. The molecule has 4 heteroatoms. The molecule has 0 fully saturated rings. The summed E-state index contributed by atoms with van der Waals surface area (Å²) in [6.07, 6.45) is 1.09. The minimum atomic E-state index is 0.471. The van der Waals surface area contributed by atoms with E-state index in [0.717, 1.165) is 29.5 Å². The van der Waals surface area contributed by atoms with Crippen LogP contribution in [-0.2, 0) is 13.0 Å². The van der Waals surface area contributed by atoms with Gasteiger partial charge in [0.05, 0.1) is 4.88 Å². The molecule has 100 valence electrons. The molecular weight excluding hydrogens is 256 g/mol. The van der Waals surface area contributed by atoms with Crippen LogP contribution in [-0.4, -0.2) is 11.5 Å². The maximum absolute atomic E-state index is 5.94. The van der Waals surface area contributed by atoms with Crippen LogP contribution in [0.5, 0.6) is 5.75 Å². The second kappa shape index (κ2) is 5.21. The number of thiazole rings is 1. The molecule has 0 atom stereocenters. The largest absolute Gasteiger partial charge is 0.486 e. The summed E-state index contributed by atoms with van der Waals surface area (Å²) in [5.74, 6) is 2.50. The zero-order valence-corrected chi connectivity index (χ0v) is 12.1. The number of benzene rings is 1. The van der Waals surface area contributed by atoms with Gasteiger partial charge in [-0.05, 0) is 17.5 Å². The monoisotopic (exact) mass is 274 g/mol. The summed E-state index contributed by atoms with van der Waals surface area (Å²) in [5, 5.41) is 4.34. The highest BCUT2D eigenvalue weighted by Gasteiger charge is 2.16. The summed E-state index contributed by atoms with van der Waals surface area (Å²) in [4.78, 5) is 5.92. The van der Waals surface area contributed by atoms with Crippen molar-refractivity contribution < 1.29 is 4.74 Å². The maximum atomic E-state index is 5.94. The second-order valence-electron chi connectivity index (χ2n) is 5.04. The van der Waals surface area contributed by atoms with Gasteiger partial charge >= 0.3 is 0 Å². The first kappa shape index (κ1) is 12.5. The molecule has 0 saturated heterocycles. The van der Waals surface area contributed by atoms with Gasteiger partial charge in [-0.1, -0.05) is 32.0 Å². The molecule has 3 rings (SSSR count). The molecule has 1 aromatic heterocycles. The van der Waals surface area contributed by atoms with Crippen molar-refractivity contribution >= 4 is 17.2 Å². The fourth-order valence-corrected chi connectivity index (χ4v) is 3.25. The van der Waals surface area contributed by atoms with Crippen LogP contribution in [0, 0.1) is 0 Å². The van der Waals surface area contributed by atoms with Crippen LogP contribution in [0.4, 0.5) is 5.82 Å². The third kappa shape index (κ3) is 2.59. The van der Waals surface area contributed by atoms with Crippen LogP contribution in [0.3, 0.4) is 0 Å². The fourth-order valence-electron chi connectivity index (χ4n) is 2.29. The smallest absolute Gasteiger partial charge is 0.140 e. The number of nitrogens with zero attached hydrogens (tertiary/aromatic N) is 1. The molecule has 1 aliphatic rings. The lowest BCUT2D eigenvalue weighted by atomic mass is 10.0. The van der Waals surface area contributed by atoms with E-state index in [2.05, 4.69) is 36.3 Å². The number of ether oxygens (including phenoxy) is 1. The van der Waals surface area contributed by atoms with E-state index in [-0.39, 0.29) is 0 Å². The van der Waals surface area contributed by atoms with Crippen molar-refractivity contribution in [3.63, 3.8) is 0 Å². The van der Waals surface area contributed by atoms with Crippen molar-refractivity contribution in [1.82, 2.24) is 4.98 Å². The third-order valence-electron chi connectivity index (χ3n) is 3.28. The summed E-state index contributed by atoms with van der Waals surface area (Å²) >= 11 is 1.76. The highest BCUT2D eigenvalue weighted by molar-refractivity contribution is 7.12. The molecule has 0 amide bonds. The van der Waals surface area contributed by atoms with Gasteiger partial charge in [-0.15, -0.1) is 11.3 Å².